The highest BCUT2D eigenvalue weighted by Gasteiger charge is 2.33. The molecule has 0 amide bonds. The molecule has 4 heteroatoms. The van der Waals surface area contributed by atoms with E-state index < -0.39 is 0 Å². The fourth-order valence-corrected chi connectivity index (χ4v) is 2.42. The number of aromatic nitrogens is 2. The van der Waals surface area contributed by atoms with E-state index in [9.17, 15) is 0 Å². The van der Waals surface area contributed by atoms with Crippen LogP contribution in [0.3, 0.4) is 0 Å². The number of hydrogen-bond acceptors (Lipinski definition) is 4. The molecule has 0 aliphatic heterocycles. The SMILES string of the molecule is CNC(c1ccccc1)c1nnc(C(C)C2CC2)o1. The molecule has 2 atom stereocenters. The number of nitrogens with one attached hydrogen (secondary N) is 1. The van der Waals surface area contributed by atoms with Crippen LogP contribution in [0.4, 0.5) is 0 Å². The van der Waals surface area contributed by atoms with E-state index in [1.165, 1.54) is 12.8 Å². The lowest BCUT2D eigenvalue weighted by Gasteiger charge is -2.12. The van der Waals surface area contributed by atoms with Crippen LogP contribution in [0.25, 0.3) is 0 Å². The molecule has 1 fully saturated rings. The van der Waals surface area contributed by atoms with E-state index in [-0.39, 0.29) is 6.04 Å². The van der Waals surface area contributed by atoms with Gasteiger partial charge >= 0.3 is 0 Å². The average molecular weight is 257 g/mol. The second kappa shape index (κ2) is 5.13. The number of nitrogens with zero attached hydrogens (tertiary/aromatic N) is 2. The Labute approximate surface area is 113 Å². The predicted octanol–water partition coefficient (Wildman–Crippen LogP) is 2.89. The summed E-state index contributed by atoms with van der Waals surface area (Å²) in [5, 5.41) is 11.7. The van der Waals surface area contributed by atoms with Gasteiger partial charge in [0.15, 0.2) is 0 Å². The Morgan fingerprint density at radius 3 is 2.47 bits per heavy atom. The Kier molecular flexibility index (Phi) is 3.34. The highest BCUT2D eigenvalue weighted by molar-refractivity contribution is 5.23. The zero-order chi connectivity index (χ0) is 13.2. The highest BCUT2D eigenvalue weighted by atomic mass is 16.4. The molecule has 0 radical (unpaired) electrons. The zero-order valence-electron chi connectivity index (χ0n) is 11.3. The summed E-state index contributed by atoms with van der Waals surface area (Å²) < 4.78 is 5.87. The molecule has 1 aromatic carbocycles. The van der Waals surface area contributed by atoms with Crippen molar-refractivity contribution >= 4 is 0 Å². The van der Waals surface area contributed by atoms with Crippen LogP contribution in [0.15, 0.2) is 34.7 Å². The van der Waals surface area contributed by atoms with Gasteiger partial charge in [-0.15, -0.1) is 10.2 Å². The first-order valence-corrected chi connectivity index (χ1v) is 6.85. The third-order valence-corrected chi connectivity index (χ3v) is 3.84. The quantitative estimate of drug-likeness (QED) is 0.894. The van der Waals surface area contributed by atoms with Crippen molar-refractivity contribution in [3.8, 4) is 0 Å². The molecular formula is C15H19N3O. The fraction of sp³-hybridized carbons (Fsp3) is 0.467. The van der Waals surface area contributed by atoms with E-state index >= 15 is 0 Å². The normalized spacial score (nSPS) is 18.2. The molecule has 2 aromatic rings. The second-order valence-electron chi connectivity index (χ2n) is 5.24. The Hall–Kier alpha value is -1.68. The Morgan fingerprint density at radius 1 is 1.16 bits per heavy atom. The Bertz CT molecular complexity index is 533. The number of benzene rings is 1. The van der Waals surface area contributed by atoms with Crippen molar-refractivity contribution in [2.24, 2.45) is 5.92 Å². The molecule has 1 N–H and O–H groups in total. The molecule has 100 valence electrons. The zero-order valence-corrected chi connectivity index (χ0v) is 11.3. The van der Waals surface area contributed by atoms with Crippen LogP contribution in [-0.4, -0.2) is 17.2 Å². The van der Waals surface area contributed by atoms with Gasteiger partial charge in [0.25, 0.3) is 0 Å². The van der Waals surface area contributed by atoms with Gasteiger partial charge in [-0.2, -0.15) is 0 Å². The van der Waals surface area contributed by atoms with Gasteiger partial charge in [0, 0.05) is 5.92 Å². The minimum atomic E-state index is -0.0335. The summed E-state index contributed by atoms with van der Waals surface area (Å²) in [6, 6.07) is 10.1. The Balaban J connectivity index is 1.84. The second-order valence-corrected chi connectivity index (χ2v) is 5.24. The van der Waals surface area contributed by atoms with Crippen LogP contribution in [0.2, 0.25) is 0 Å². The van der Waals surface area contributed by atoms with Gasteiger partial charge in [-0.1, -0.05) is 37.3 Å². The van der Waals surface area contributed by atoms with Crippen molar-refractivity contribution in [3.63, 3.8) is 0 Å². The molecule has 1 aliphatic rings. The molecule has 1 heterocycles. The Morgan fingerprint density at radius 2 is 1.84 bits per heavy atom. The van der Waals surface area contributed by atoms with Gasteiger partial charge in [-0.3, -0.25) is 0 Å². The largest absolute Gasteiger partial charge is 0.423 e. The van der Waals surface area contributed by atoms with Crippen molar-refractivity contribution in [2.45, 2.75) is 31.7 Å². The van der Waals surface area contributed by atoms with Crippen molar-refractivity contribution in [1.29, 1.82) is 0 Å². The maximum absolute atomic E-state index is 5.87. The number of hydrogen-bond donors (Lipinski definition) is 1. The molecule has 0 spiro atoms. The molecule has 1 aliphatic carbocycles. The average Bonchev–Trinajstić information content (AvgIpc) is 3.19. The van der Waals surface area contributed by atoms with Crippen LogP contribution in [0, 0.1) is 5.92 Å². The summed E-state index contributed by atoms with van der Waals surface area (Å²) in [5.41, 5.74) is 1.14. The molecular weight excluding hydrogens is 238 g/mol. The summed E-state index contributed by atoms with van der Waals surface area (Å²) in [6.45, 7) is 2.17. The van der Waals surface area contributed by atoms with Gasteiger partial charge in [-0.05, 0) is 31.4 Å². The van der Waals surface area contributed by atoms with Crippen LogP contribution in [-0.2, 0) is 0 Å². The third-order valence-electron chi connectivity index (χ3n) is 3.84. The topological polar surface area (TPSA) is 51.0 Å². The number of rotatable bonds is 5. The maximum atomic E-state index is 5.87. The minimum Gasteiger partial charge on any atom is -0.423 e. The molecule has 1 aromatic heterocycles. The highest BCUT2D eigenvalue weighted by Crippen LogP contribution is 2.42. The first kappa shape index (κ1) is 12.4. The molecule has 2 unspecified atom stereocenters. The van der Waals surface area contributed by atoms with Crippen molar-refractivity contribution in [3.05, 3.63) is 47.7 Å². The van der Waals surface area contributed by atoms with Gasteiger partial charge in [0.1, 0.15) is 6.04 Å². The lowest BCUT2D eigenvalue weighted by Crippen LogP contribution is -2.17. The summed E-state index contributed by atoms with van der Waals surface area (Å²) in [6.07, 6.45) is 2.57. The van der Waals surface area contributed by atoms with E-state index in [0.717, 1.165) is 17.4 Å². The van der Waals surface area contributed by atoms with E-state index in [0.29, 0.717) is 11.8 Å². The van der Waals surface area contributed by atoms with Crippen molar-refractivity contribution < 1.29 is 4.42 Å². The van der Waals surface area contributed by atoms with Crippen LogP contribution in [0.5, 0.6) is 0 Å². The molecule has 0 bridgehead atoms. The molecule has 4 nitrogen and oxygen atoms in total. The smallest absolute Gasteiger partial charge is 0.237 e. The fourth-order valence-electron chi connectivity index (χ4n) is 2.42. The predicted molar refractivity (Wildman–Crippen MR) is 72.8 cm³/mol. The maximum Gasteiger partial charge on any atom is 0.237 e. The van der Waals surface area contributed by atoms with Crippen molar-refractivity contribution in [2.75, 3.05) is 7.05 Å². The van der Waals surface area contributed by atoms with E-state index in [4.69, 9.17) is 4.42 Å². The van der Waals surface area contributed by atoms with Crippen molar-refractivity contribution in [1.82, 2.24) is 15.5 Å². The summed E-state index contributed by atoms with van der Waals surface area (Å²) >= 11 is 0. The van der Waals surface area contributed by atoms with Gasteiger partial charge in [-0.25, -0.2) is 0 Å². The third kappa shape index (κ3) is 2.54. The lowest BCUT2D eigenvalue weighted by atomic mass is 10.1. The first-order valence-electron chi connectivity index (χ1n) is 6.85. The van der Waals surface area contributed by atoms with Gasteiger partial charge in [0.05, 0.1) is 0 Å². The van der Waals surface area contributed by atoms with Crippen LogP contribution < -0.4 is 5.32 Å². The summed E-state index contributed by atoms with van der Waals surface area (Å²) in [5.74, 6) is 2.54. The summed E-state index contributed by atoms with van der Waals surface area (Å²) in [7, 11) is 1.91. The first-order chi connectivity index (χ1) is 9.29. The summed E-state index contributed by atoms with van der Waals surface area (Å²) in [4.78, 5) is 0. The van der Waals surface area contributed by atoms with Crippen LogP contribution >= 0.6 is 0 Å². The van der Waals surface area contributed by atoms with Crippen LogP contribution in [0.1, 0.15) is 49.1 Å². The molecule has 19 heavy (non-hydrogen) atoms. The van der Waals surface area contributed by atoms with E-state index in [1.807, 2.05) is 25.2 Å². The monoisotopic (exact) mass is 257 g/mol. The molecule has 3 rings (SSSR count). The molecule has 0 saturated heterocycles. The molecule has 1 saturated carbocycles. The van der Waals surface area contributed by atoms with Gasteiger partial charge in [0.2, 0.25) is 11.8 Å². The van der Waals surface area contributed by atoms with Gasteiger partial charge < -0.3 is 9.73 Å². The van der Waals surface area contributed by atoms with E-state index in [2.05, 4.69) is 34.6 Å². The van der Waals surface area contributed by atoms with E-state index in [1.54, 1.807) is 0 Å². The minimum absolute atomic E-state index is 0.0335. The standard InChI is InChI=1S/C15H19N3O/c1-10(11-8-9-11)14-17-18-15(19-14)13(16-2)12-6-4-3-5-7-12/h3-7,10-11,13,16H,8-9H2,1-2H3. The lowest BCUT2D eigenvalue weighted by molar-refractivity contribution is 0.386.